The van der Waals surface area contributed by atoms with Crippen molar-refractivity contribution in [1.82, 2.24) is 24.5 Å². The molecule has 1 fully saturated rings. The molecule has 1 aliphatic rings. The molecule has 168 valence electrons. The summed E-state index contributed by atoms with van der Waals surface area (Å²) < 4.78 is 6.96. The predicted octanol–water partition coefficient (Wildman–Crippen LogP) is 4.44. The van der Waals surface area contributed by atoms with E-state index in [-0.39, 0.29) is 11.8 Å². The third-order valence-electron chi connectivity index (χ3n) is 6.24. The lowest BCUT2D eigenvalue weighted by molar-refractivity contribution is 0.0707. The van der Waals surface area contributed by atoms with Gasteiger partial charge in [0.1, 0.15) is 11.3 Å². The van der Waals surface area contributed by atoms with Gasteiger partial charge in [0, 0.05) is 42.8 Å². The van der Waals surface area contributed by atoms with E-state index >= 15 is 0 Å². The lowest BCUT2D eigenvalue weighted by atomic mass is 9.92. The van der Waals surface area contributed by atoms with Crippen LogP contribution in [0.25, 0.3) is 16.8 Å². The Balaban J connectivity index is 1.40. The molecule has 1 aliphatic heterocycles. The Kier molecular flexibility index (Phi) is 5.54. The first kappa shape index (κ1) is 21.1. The molecule has 0 radical (unpaired) electrons. The van der Waals surface area contributed by atoms with Crippen LogP contribution in [0.3, 0.4) is 0 Å². The Morgan fingerprint density at radius 1 is 1.09 bits per heavy atom. The van der Waals surface area contributed by atoms with Crippen molar-refractivity contribution in [2.24, 2.45) is 0 Å². The van der Waals surface area contributed by atoms with Gasteiger partial charge in [-0.15, -0.1) is 0 Å². The zero-order valence-electron chi connectivity index (χ0n) is 19.2. The first-order valence-corrected chi connectivity index (χ1v) is 11.2. The molecule has 4 aromatic rings. The van der Waals surface area contributed by atoms with Crippen molar-refractivity contribution < 1.29 is 9.53 Å². The number of ether oxygens (including phenoxy) is 1. The van der Waals surface area contributed by atoms with E-state index in [4.69, 9.17) is 9.72 Å². The molecule has 0 spiro atoms. The van der Waals surface area contributed by atoms with Gasteiger partial charge in [-0.05, 0) is 67.6 Å². The molecule has 3 aromatic heterocycles. The van der Waals surface area contributed by atoms with Gasteiger partial charge in [-0.3, -0.25) is 9.78 Å². The van der Waals surface area contributed by atoms with E-state index in [9.17, 15) is 4.79 Å². The third kappa shape index (κ3) is 4.18. The summed E-state index contributed by atoms with van der Waals surface area (Å²) in [6.45, 7) is 5.35. The molecular weight excluding hydrogens is 414 g/mol. The van der Waals surface area contributed by atoms with Crippen molar-refractivity contribution in [2.45, 2.75) is 32.6 Å². The number of aryl methyl sites for hydroxylation is 2. The molecule has 0 N–H and O–H groups in total. The van der Waals surface area contributed by atoms with Gasteiger partial charge in [0.05, 0.1) is 13.3 Å². The third-order valence-corrected chi connectivity index (χ3v) is 6.24. The highest BCUT2D eigenvalue weighted by molar-refractivity contribution is 5.99. The zero-order chi connectivity index (χ0) is 22.9. The van der Waals surface area contributed by atoms with Crippen LogP contribution in [0.2, 0.25) is 0 Å². The first-order chi connectivity index (χ1) is 16.0. The van der Waals surface area contributed by atoms with Crippen LogP contribution < -0.4 is 4.74 Å². The number of fused-ring (bicyclic) bond motifs is 1. The Morgan fingerprint density at radius 2 is 1.91 bits per heavy atom. The summed E-state index contributed by atoms with van der Waals surface area (Å²) >= 11 is 0. The average Bonchev–Trinajstić information content (AvgIpc) is 3.26. The maximum atomic E-state index is 13.4. The first-order valence-electron chi connectivity index (χ1n) is 11.2. The number of likely N-dealkylation sites (tertiary alicyclic amines) is 1. The molecule has 1 aromatic carbocycles. The maximum Gasteiger partial charge on any atom is 0.259 e. The molecule has 1 atom stereocenters. The molecule has 33 heavy (non-hydrogen) atoms. The smallest absolute Gasteiger partial charge is 0.259 e. The van der Waals surface area contributed by atoms with Gasteiger partial charge in [-0.1, -0.05) is 12.1 Å². The summed E-state index contributed by atoms with van der Waals surface area (Å²) in [4.78, 5) is 24.5. The molecule has 1 unspecified atom stereocenters. The van der Waals surface area contributed by atoms with E-state index in [1.165, 1.54) is 0 Å². The van der Waals surface area contributed by atoms with Crippen molar-refractivity contribution in [2.75, 3.05) is 20.2 Å². The molecule has 7 nitrogen and oxygen atoms in total. The van der Waals surface area contributed by atoms with Crippen LogP contribution in [-0.4, -0.2) is 50.6 Å². The fraction of sp³-hybridized carbons (Fsp3) is 0.308. The number of hydrogen-bond donors (Lipinski definition) is 0. The van der Waals surface area contributed by atoms with E-state index in [1.54, 1.807) is 24.0 Å². The number of pyridine rings is 1. The fourth-order valence-corrected chi connectivity index (χ4v) is 4.55. The summed E-state index contributed by atoms with van der Waals surface area (Å²) in [5.74, 6) is 1.01. The number of hydrogen-bond acceptors (Lipinski definition) is 5. The van der Waals surface area contributed by atoms with Crippen molar-refractivity contribution in [3.63, 3.8) is 0 Å². The largest absolute Gasteiger partial charge is 0.497 e. The summed E-state index contributed by atoms with van der Waals surface area (Å²) in [6, 6.07) is 12.3. The number of carbonyl (C=O) groups excluding carboxylic acids is 1. The van der Waals surface area contributed by atoms with Crippen LogP contribution in [-0.2, 0) is 0 Å². The number of piperidine rings is 1. The summed E-state index contributed by atoms with van der Waals surface area (Å²) in [6.07, 6.45) is 7.23. The highest BCUT2D eigenvalue weighted by Crippen LogP contribution is 2.31. The van der Waals surface area contributed by atoms with Crippen molar-refractivity contribution >= 4 is 11.6 Å². The Bertz CT molecular complexity index is 1310. The van der Waals surface area contributed by atoms with Gasteiger partial charge in [0.2, 0.25) is 0 Å². The lowest BCUT2D eigenvalue weighted by Crippen LogP contribution is -2.39. The van der Waals surface area contributed by atoms with Crippen LogP contribution in [0.5, 0.6) is 5.75 Å². The molecule has 5 rings (SSSR count). The molecule has 4 heterocycles. The number of nitrogens with zero attached hydrogens (tertiary/aromatic N) is 5. The van der Waals surface area contributed by atoms with Gasteiger partial charge in [0.15, 0.2) is 5.65 Å². The second-order valence-electron chi connectivity index (χ2n) is 8.70. The zero-order valence-corrected chi connectivity index (χ0v) is 19.2. The topological polar surface area (TPSA) is 72.6 Å². The van der Waals surface area contributed by atoms with Crippen LogP contribution in [0.15, 0.2) is 55.0 Å². The van der Waals surface area contributed by atoms with Crippen LogP contribution in [0.4, 0.5) is 0 Å². The number of carbonyl (C=O) groups is 1. The average molecular weight is 442 g/mol. The number of aromatic nitrogens is 4. The van der Waals surface area contributed by atoms with Crippen molar-refractivity contribution in [3.05, 3.63) is 77.5 Å². The minimum Gasteiger partial charge on any atom is -0.497 e. The van der Waals surface area contributed by atoms with Gasteiger partial charge in [-0.2, -0.15) is 5.10 Å². The Labute approximate surface area is 193 Å². The SMILES string of the molecule is COc1ccc(-c2cc(C)nc(C3CCCN(C(=O)c4cnn5cc(C)cnc45)C3)c2)cc1. The second kappa shape index (κ2) is 8.65. The van der Waals surface area contributed by atoms with Crippen LogP contribution in [0.1, 0.15) is 46.1 Å². The minimum absolute atomic E-state index is 0.0194. The molecule has 1 amide bonds. The van der Waals surface area contributed by atoms with E-state index in [0.717, 1.165) is 53.2 Å². The fourth-order valence-electron chi connectivity index (χ4n) is 4.55. The molecule has 1 saturated heterocycles. The standard InChI is InChI=1S/C26H27N5O2/c1-17-13-27-25-23(14-28-31(25)15-17)26(32)30-10-4-5-20(16-30)24-12-21(11-18(2)29-24)19-6-8-22(33-3)9-7-19/h6-9,11-15,20H,4-5,10,16H2,1-3H3. The highest BCUT2D eigenvalue weighted by Gasteiger charge is 2.28. The number of benzene rings is 1. The molecule has 7 heteroatoms. The number of methoxy groups -OCH3 is 1. The van der Waals surface area contributed by atoms with E-state index in [1.807, 2.05) is 37.1 Å². The maximum absolute atomic E-state index is 13.4. The van der Waals surface area contributed by atoms with E-state index < -0.39 is 0 Å². The highest BCUT2D eigenvalue weighted by atomic mass is 16.5. The van der Waals surface area contributed by atoms with Crippen LogP contribution in [0, 0.1) is 13.8 Å². The molecule has 0 bridgehead atoms. The van der Waals surface area contributed by atoms with Gasteiger partial charge < -0.3 is 9.64 Å². The Hall–Kier alpha value is -3.74. The van der Waals surface area contributed by atoms with Crippen molar-refractivity contribution in [3.8, 4) is 16.9 Å². The number of amides is 1. The van der Waals surface area contributed by atoms with E-state index in [2.05, 4.69) is 34.3 Å². The molecule has 0 aliphatic carbocycles. The van der Waals surface area contributed by atoms with Gasteiger partial charge in [0.25, 0.3) is 5.91 Å². The normalized spacial score (nSPS) is 16.2. The van der Waals surface area contributed by atoms with Gasteiger partial charge >= 0.3 is 0 Å². The van der Waals surface area contributed by atoms with E-state index in [0.29, 0.717) is 17.8 Å². The quantitative estimate of drug-likeness (QED) is 0.468. The second-order valence-corrected chi connectivity index (χ2v) is 8.70. The Morgan fingerprint density at radius 3 is 2.70 bits per heavy atom. The van der Waals surface area contributed by atoms with Gasteiger partial charge in [-0.25, -0.2) is 9.50 Å². The molecular formula is C26H27N5O2. The summed E-state index contributed by atoms with van der Waals surface area (Å²) in [5, 5.41) is 4.33. The predicted molar refractivity (Wildman–Crippen MR) is 127 cm³/mol. The minimum atomic E-state index is -0.0194. The van der Waals surface area contributed by atoms with Crippen LogP contribution >= 0.6 is 0 Å². The monoisotopic (exact) mass is 441 g/mol. The van der Waals surface area contributed by atoms with Crippen molar-refractivity contribution in [1.29, 1.82) is 0 Å². The lowest BCUT2D eigenvalue weighted by Gasteiger charge is -2.32. The summed E-state index contributed by atoms with van der Waals surface area (Å²) in [7, 11) is 1.67. The molecule has 0 saturated carbocycles. The summed E-state index contributed by atoms with van der Waals surface area (Å²) in [5.41, 5.74) is 6.41. The number of rotatable bonds is 4.